The standard InChI is InChI=1S/C19H27BrO4/c1-14(12-23-13-15-8-5-4-6-9-15)16-10-7-11-17(24-16)19(2,20)18(21)22-3/h4-6,8-9,14,16-17H,7,10-13H2,1-3H3/t14-,16-,17-,19?/m0/s1. The molecular weight excluding hydrogens is 372 g/mol. The molecule has 1 heterocycles. The van der Waals surface area contributed by atoms with E-state index in [0.717, 1.165) is 19.3 Å². The van der Waals surface area contributed by atoms with E-state index in [2.05, 4.69) is 35.0 Å². The van der Waals surface area contributed by atoms with Crippen molar-refractivity contribution in [3.05, 3.63) is 35.9 Å². The predicted octanol–water partition coefficient (Wildman–Crippen LogP) is 4.10. The van der Waals surface area contributed by atoms with E-state index in [0.29, 0.717) is 13.2 Å². The summed E-state index contributed by atoms with van der Waals surface area (Å²) in [5.74, 6) is -0.0152. The van der Waals surface area contributed by atoms with Crippen molar-refractivity contribution in [2.24, 2.45) is 5.92 Å². The molecule has 1 aliphatic heterocycles. The SMILES string of the molecule is COC(=O)C(C)(Br)[C@@H]1CCC[C@@H]([C@@H](C)COCc2ccccc2)O1. The van der Waals surface area contributed by atoms with Crippen molar-refractivity contribution in [1.82, 2.24) is 0 Å². The number of benzene rings is 1. The Morgan fingerprint density at radius 1 is 1.38 bits per heavy atom. The minimum absolute atomic E-state index is 0.0982. The van der Waals surface area contributed by atoms with E-state index in [-0.39, 0.29) is 24.1 Å². The summed E-state index contributed by atoms with van der Waals surface area (Å²) in [6.07, 6.45) is 2.80. The molecule has 134 valence electrons. The van der Waals surface area contributed by atoms with Gasteiger partial charge in [-0.1, -0.05) is 53.2 Å². The Morgan fingerprint density at radius 3 is 2.75 bits per heavy atom. The fraction of sp³-hybridized carbons (Fsp3) is 0.632. The number of hydrogen-bond acceptors (Lipinski definition) is 4. The first-order chi connectivity index (χ1) is 11.4. The van der Waals surface area contributed by atoms with Crippen LogP contribution in [0.3, 0.4) is 0 Å². The molecule has 0 amide bonds. The van der Waals surface area contributed by atoms with Crippen LogP contribution in [0.5, 0.6) is 0 Å². The molecule has 1 unspecified atom stereocenters. The number of hydrogen-bond donors (Lipinski definition) is 0. The molecule has 0 aliphatic carbocycles. The fourth-order valence-corrected chi connectivity index (χ4v) is 3.54. The Hall–Kier alpha value is -0.910. The molecule has 24 heavy (non-hydrogen) atoms. The number of methoxy groups -OCH3 is 1. The van der Waals surface area contributed by atoms with Crippen molar-refractivity contribution in [3.63, 3.8) is 0 Å². The normalized spacial score (nSPS) is 24.8. The number of carbonyl (C=O) groups excluding carboxylic acids is 1. The molecule has 0 saturated carbocycles. The topological polar surface area (TPSA) is 44.8 Å². The number of esters is 1. The third-order valence-electron chi connectivity index (χ3n) is 4.61. The molecule has 5 heteroatoms. The molecule has 0 spiro atoms. The number of halogens is 1. The minimum Gasteiger partial charge on any atom is -0.468 e. The first-order valence-corrected chi connectivity index (χ1v) is 9.29. The van der Waals surface area contributed by atoms with Gasteiger partial charge >= 0.3 is 5.97 Å². The van der Waals surface area contributed by atoms with Gasteiger partial charge in [0.15, 0.2) is 0 Å². The molecule has 0 aromatic heterocycles. The van der Waals surface area contributed by atoms with E-state index >= 15 is 0 Å². The first-order valence-electron chi connectivity index (χ1n) is 8.49. The number of carbonyl (C=O) groups is 1. The fourth-order valence-electron chi connectivity index (χ4n) is 3.04. The van der Waals surface area contributed by atoms with Crippen LogP contribution in [0.25, 0.3) is 0 Å². The molecule has 4 nitrogen and oxygen atoms in total. The summed E-state index contributed by atoms with van der Waals surface area (Å²) < 4.78 is 16.1. The van der Waals surface area contributed by atoms with Gasteiger partial charge in [0, 0.05) is 5.92 Å². The van der Waals surface area contributed by atoms with Crippen LogP contribution in [0.4, 0.5) is 0 Å². The first kappa shape index (κ1) is 19.4. The summed E-state index contributed by atoms with van der Waals surface area (Å²) in [5, 5.41) is 0. The van der Waals surface area contributed by atoms with Crippen molar-refractivity contribution in [1.29, 1.82) is 0 Å². The maximum Gasteiger partial charge on any atom is 0.325 e. The van der Waals surface area contributed by atoms with Crippen LogP contribution in [-0.2, 0) is 25.6 Å². The van der Waals surface area contributed by atoms with E-state index in [1.807, 2.05) is 25.1 Å². The van der Waals surface area contributed by atoms with Gasteiger partial charge in [-0.15, -0.1) is 0 Å². The molecule has 4 atom stereocenters. The monoisotopic (exact) mass is 398 g/mol. The lowest BCUT2D eigenvalue weighted by Gasteiger charge is -2.39. The summed E-state index contributed by atoms with van der Waals surface area (Å²) in [6.45, 7) is 5.22. The Balaban J connectivity index is 1.83. The van der Waals surface area contributed by atoms with Gasteiger partial charge in [0.05, 0.1) is 32.5 Å². The van der Waals surface area contributed by atoms with Crippen LogP contribution < -0.4 is 0 Å². The third kappa shape index (κ3) is 5.04. The van der Waals surface area contributed by atoms with Gasteiger partial charge < -0.3 is 14.2 Å². The molecule has 1 fully saturated rings. The molecule has 1 aliphatic rings. The van der Waals surface area contributed by atoms with Crippen LogP contribution in [-0.4, -0.2) is 36.2 Å². The highest BCUT2D eigenvalue weighted by molar-refractivity contribution is 9.10. The van der Waals surface area contributed by atoms with E-state index < -0.39 is 4.32 Å². The predicted molar refractivity (Wildman–Crippen MR) is 97.1 cm³/mol. The Labute approximate surface area is 153 Å². The second-order valence-corrected chi connectivity index (χ2v) is 8.29. The van der Waals surface area contributed by atoms with Crippen LogP contribution in [0, 0.1) is 5.92 Å². The summed E-state index contributed by atoms with van der Waals surface area (Å²) >= 11 is 3.50. The Morgan fingerprint density at radius 2 is 2.08 bits per heavy atom. The zero-order chi connectivity index (χ0) is 17.6. The number of ether oxygens (including phenoxy) is 3. The lowest BCUT2D eigenvalue weighted by Crippen LogP contribution is -2.48. The highest BCUT2D eigenvalue weighted by atomic mass is 79.9. The maximum atomic E-state index is 12.0. The van der Waals surface area contributed by atoms with Crippen LogP contribution in [0.1, 0.15) is 38.7 Å². The van der Waals surface area contributed by atoms with Crippen LogP contribution >= 0.6 is 15.9 Å². The van der Waals surface area contributed by atoms with Crippen molar-refractivity contribution < 1.29 is 19.0 Å². The molecule has 0 bridgehead atoms. The van der Waals surface area contributed by atoms with Gasteiger partial charge in [-0.3, -0.25) is 4.79 Å². The van der Waals surface area contributed by atoms with Crippen molar-refractivity contribution in [3.8, 4) is 0 Å². The van der Waals surface area contributed by atoms with Gasteiger partial charge in [-0.25, -0.2) is 0 Å². The van der Waals surface area contributed by atoms with E-state index in [9.17, 15) is 4.79 Å². The average Bonchev–Trinajstić information content (AvgIpc) is 2.61. The summed E-state index contributed by atoms with van der Waals surface area (Å²) in [6, 6.07) is 10.1. The Bertz CT molecular complexity index is 517. The zero-order valence-electron chi connectivity index (χ0n) is 14.7. The van der Waals surface area contributed by atoms with E-state index in [1.54, 1.807) is 0 Å². The van der Waals surface area contributed by atoms with Gasteiger partial charge in [0.2, 0.25) is 0 Å². The lowest BCUT2D eigenvalue weighted by atomic mass is 9.91. The van der Waals surface area contributed by atoms with Crippen LogP contribution in [0.2, 0.25) is 0 Å². The van der Waals surface area contributed by atoms with Gasteiger partial charge in [-0.05, 0) is 31.7 Å². The Kier molecular flexibility index (Phi) is 7.26. The maximum absolute atomic E-state index is 12.0. The minimum atomic E-state index is -0.801. The highest BCUT2D eigenvalue weighted by Crippen LogP contribution is 2.35. The second kappa shape index (κ2) is 8.97. The molecule has 0 N–H and O–H groups in total. The summed E-state index contributed by atoms with van der Waals surface area (Å²) in [7, 11) is 1.40. The lowest BCUT2D eigenvalue weighted by molar-refractivity contribution is -0.154. The third-order valence-corrected chi connectivity index (χ3v) is 5.44. The molecule has 1 aromatic rings. The average molecular weight is 399 g/mol. The number of rotatable bonds is 7. The molecule has 0 radical (unpaired) electrons. The summed E-state index contributed by atoms with van der Waals surface area (Å²) in [5.41, 5.74) is 1.17. The second-order valence-electron chi connectivity index (χ2n) is 6.64. The number of alkyl halides is 1. The smallest absolute Gasteiger partial charge is 0.325 e. The highest BCUT2D eigenvalue weighted by Gasteiger charge is 2.44. The van der Waals surface area contributed by atoms with Crippen molar-refractivity contribution in [2.75, 3.05) is 13.7 Å². The largest absolute Gasteiger partial charge is 0.468 e. The van der Waals surface area contributed by atoms with E-state index in [4.69, 9.17) is 14.2 Å². The van der Waals surface area contributed by atoms with Crippen molar-refractivity contribution in [2.45, 2.75) is 56.2 Å². The van der Waals surface area contributed by atoms with Crippen LogP contribution in [0.15, 0.2) is 30.3 Å². The zero-order valence-corrected chi connectivity index (χ0v) is 16.3. The molecule has 1 aromatic carbocycles. The van der Waals surface area contributed by atoms with Gasteiger partial charge in [-0.2, -0.15) is 0 Å². The molecule has 1 saturated heterocycles. The van der Waals surface area contributed by atoms with Crippen molar-refractivity contribution >= 4 is 21.9 Å². The quantitative estimate of drug-likeness (QED) is 0.512. The van der Waals surface area contributed by atoms with Gasteiger partial charge in [0.25, 0.3) is 0 Å². The van der Waals surface area contributed by atoms with E-state index in [1.165, 1.54) is 12.7 Å². The molecular formula is C19H27BrO4. The molecule has 2 rings (SSSR count). The summed E-state index contributed by atoms with van der Waals surface area (Å²) in [4.78, 5) is 12.0. The van der Waals surface area contributed by atoms with Gasteiger partial charge in [0.1, 0.15) is 4.32 Å².